The second-order valence-electron chi connectivity index (χ2n) is 4.03. The van der Waals surface area contributed by atoms with Crippen LogP contribution in [0.15, 0.2) is 29.2 Å². The summed E-state index contributed by atoms with van der Waals surface area (Å²) in [6.07, 6.45) is 0. The van der Waals surface area contributed by atoms with E-state index in [4.69, 9.17) is 10.5 Å². The van der Waals surface area contributed by atoms with Gasteiger partial charge in [-0.05, 0) is 18.2 Å². The minimum Gasteiger partial charge on any atom is -0.383 e. The largest absolute Gasteiger partial charge is 0.383 e. The second-order valence-corrected chi connectivity index (χ2v) is 5.80. The standard InChI is InChI=1S/C12H19N3O4S.ClH/c1-19-8-7-14-5-6-15-20(17,18)11-4-2-3-10(9-11)12(13)16;/h2-4,9,14-15H,5-8H2,1H3,(H2,13,16);1H. The zero-order chi connectivity index (χ0) is 15.0. The molecular formula is C12H20ClN3O4S. The van der Waals surface area contributed by atoms with Crippen LogP contribution in [0.5, 0.6) is 0 Å². The third-order valence-electron chi connectivity index (χ3n) is 2.51. The number of primary amides is 1. The Bertz CT molecular complexity index is 551. The van der Waals surface area contributed by atoms with Crippen LogP contribution in [-0.4, -0.2) is 47.7 Å². The molecule has 21 heavy (non-hydrogen) atoms. The normalized spacial score (nSPS) is 10.9. The van der Waals surface area contributed by atoms with E-state index < -0.39 is 15.9 Å². The first kappa shape index (κ1) is 19.8. The molecular weight excluding hydrogens is 318 g/mol. The zero-order valence-corrected chi connectivity index (χ0v) is 13.3. The number of carbonyl (C=O) groups excluding carboxylic acids is 1. The molecule has 1 aromatic rings. The maximum atomic E-state index is 12.0. The lowest BCUT2D eigenvalue weighted by atomic mass is 10.2. The van der Waals surface area contributed by atoms with Gasteiger partial charge in [0.1, 0.15) is 0 Å². The number of hydrogen-bond donors (Lipinski definition) is 3. The van der Waals surface area contributed by atoms with E-state index in [-0.39, 0.29) is 29.4 Å². The van der Waals surface area contributed by atoms with Crippen molar-refractivity contribution in [3.63, 3.8) is 0 Å². The Labute approximate surface area is 130 Å². The number of rotatable bonds is 9. The first-order valence-corrected chi connectivity index (χ1v) is 7.55. The first-order valence-electron chi connectivity index (χ1n) is 6.06. The van der Waals surface area contributed by atoms with Crippen LogP contribution < -0.4 is 15.8 Å². The van der Waals surface area contributed by atoms with Crippen molar-refractivity contribution >= 4 is 28.3 Å². The van der Waals surface area contributed by atoms with Crippen molar-refractivity contribution in [1.29, 1.82) is 0 Å². The maximum absolute atomic E-state index is 12.0. The molecule has 1 amide bonds. The molecule has 0 spiro atoms. The molecule has 0 bridgehead atoms. The Morgan fingerprint density at radius 1 is 1.29 bits per heavy atom. The number of halogens is 1. The molecule has 0 radical (unpaired) electrons. The van der Waals surface area contributed by atoms with Crippen LogP contribution in [0.4, 0.5) is 0 Å². The average molecular weight is 338 g/mol. The zero-order valence-electron chi connectivity index (χ0n) is 11.7. The van der Waals surface area contributed by atoms with Crippen LogP contribution >= 0.6 is 12.4 Å². The van der Waals surface area contributed by atoms with E-state index in [2.05, 4.69) is 10.0 Å². The maximum Gasteiger partial charge on any atom is 0.248 e. The van der Waals surface area contributed by atoms with Gasteiger partial charge in [-0.1, -0.05) is 6.07 Å². The number of amides is 1. The predicted octanol–water partition coefficient (Wildman–Crippen LogP) is -0.278. The van der Waals surface area contributed by atoms with E-state index in [0.29, 0.717) is 19.7 Å². The van der Waals surface area contributed by atoms with Gasteiger partial charge in [0, 0.05) is 32.3 Å². The van der Waals surface area contributed by atoms with Gasteiger partial charge in [-0.2, -0.15) is 0 Å². The van der Waals surface area contributed by atoms with Crippen molar-refractivity contribution in [2.24, 2.45) is 5.73 Å². The summed E-state index contributed by atoms with van der Waals surface area (Å²) < 4.78 is 31.2. The fourth-order valence-electron chi connectivity index (χ4n) is 1.47. The number of nitrogens with one attached hydrogen (secondary N) is 2. The molecule has 0 aliphatic rings. The lowest BCUT2D eigenvalue weighted by Gasteiger charge is -2.08. The van der Waals surface area contributed by atoms with E-state index in [9.17, 15) is 13.2 Å². The molecule has 0 aromatic heterocycles. The van der Waals surface area contributed by atoms with Crippen LogP contribution in [0.1, 0.15) is 10.4 Å². The van der Waals surface area contributed by atoms with E-state index in [1.807, 2.05) is 0 Å². The third kappa shape index (κ3) is 6.87. The van der Waals surface area contributed by atoms with E-state index in [0.717, 1.165) is 0 Å². The summed E-state index contributed by atoms with van der Waals surface area (Å²) in [6.45, 7) is 1.94. The molecule has 9 heteroatoms. The third-order valence-corrected chi connectivity index (χ3v) is 3.96. The second kappa shape index (κ2) is 9.69. The molecule has 0 unspecified atom stereocenters. The number of methoxy groups -OCH3 is 1. The van der Waals surface area contributed by atoms with Crippen LogP contribution in [0, 0.1) is 0 Å². The Morgan fingerprint density at radius 3 is 2.62 bits per heavy atom. The summed E-state index contributed by atoms with van der Waals surface area (Å²) in [5.74, 6) is -0.664. The Morgan fingerprint density at radius 2 is 2.00 bits per heavy atom. The molecule has 0 heterocycles. The van der Waals surface area contributed by atoms with E-state index >= 15 is 0 Å². The summed E-state index contributed by atoms with van der Waals surface area (Å²) in [7, 11) is -2.04. The van der Waals surface area contributed by atoms with Crippen molar-refractivity contribution in [2.45, 2.75) is 4.90 Å². The van der Waals surface area contributed by atoms with Crippen LogP contribution in [0.3, 0.4) is 0 Å². The fraction of sp³-hybridized carbons (Fsp3) is 0.417. The molecule has 4 N–H and O–H groups in total. The first-order chi connectivity index (χ1) is 9.47. The summed E-state index contributed by atoms with van der Waals surface area (Å²) in [5.41, 5.74) is 5.28. The lowest BCUT2D eigenvalue weighted by Crippen LogP contribution is -2.33. The Kier molecular flexibility index (Phi) is 9.14. The number of benzene rings is 1. The fourth-order valence-corrected chi connectivity index (χ4v) is 2.55. The van der Waals surface area contributed by atoms with E-state index in [1.165, 1.54) is 24.3 Å². The van der Waals surface area contributed by atoms with Crippen LogP contribution in [-0.2, 0) is 14.8 Å². The molecule has 0 saturated heterocycles. The molecule has 1 rings (SSSR count). The lowest BCUT2D eigenvalue weighted by molar-refractivity contribution is 0.1000. The van der Waals surface area contributed by atoms with Gasteiger partial charge >= 0.3 is 0 Å². The number of hydrogen-bond acceptors (Lipinski definition) is 5. The highest BCUT2D eigenvalue weighted by molar-refractivity contribution is 7.89. The van der Waals surface area contributed by atoms with Gasteiger partial charge in [0.05, 0.1) is 11.5 Å². The Hall–Kier alpha value is -1.19. The monoisotopic (exact) mass is 337 g/mol. The summed E-state index contributed by atoms with van der Waals surface area (Å²) >= 11 is 0. The summed E-state index contributed by atoms with van der Waals surface area (Å²) in [5, 5.41) is 3.01. The summed E-state index contributed by atoms with van der Waals surface area (Å²) in [6, 6.07) is 5.61. The highest BCUT2D eigenvalue weighted by atomic mass is 35.5. The highest BCUT2D eigenvalue weighted by Gasteiger charge is 2.14. The molecule has 0 aliphatic carbocycles. The predicted molar refractivity (Wildman–Crippen MR) is 82.1 cm³/mol. The number of carbonyl (C=O) groups is 1. The van der Waals surface area contributed by atoms with Crippen LogP contribution in [0.2, 0.25) is 0 Å². The number of nitrogens with two attached hydrogens (primary N) is 1. The van der Waals surface area contributed by atoms with Gasteiger partial charge in [-0.3, -0.25) is 4.79 Å². The average Bonchev–Trinajstić information content (AvgIpc) is 2.43. The minimum atomic E-state index is -3.64. The number of ether oxygens (including phenoxy) is 1. The SMILES string of the molecule is COCCNCCNS(=O)(=O)c1cccc(C(N)=O)c1.Cl. The molecule has 120 valence electrons. The molecule has 0 fully saturated rings. The van der Waals surface area contributed by atoms with Crippen molar-refractivity contribution in [3.05, 3.63) is 29.8 Å². The topological polar surface area (TPSA) is 111 Å². The minimum absolute atomic E-state index is 0. The Balaban J connectivity index is 0.00000400. The van der Waals surface area contributed by atoms with Gasteiger partial charge in [-0.25, -0.2) is 13.1 Å². The van der Waals surface area contributed by atoms with Crippen molar-refractivity contribution < 1.29 is 17.9 Å². The number of sulfonamides is 1. The molecule has 1 aromatic carbocycles. The van der Waals surface area contributed by atoms with Gasteiger partial charge < -0.3 is 15.8 Å². The molecule has 7 nitrogen and oxygen atoms in total. The molecule has 0 aliphatic heterocycles. The van der Waals surface area contributed by atoms with Gasteiger partial charge in [-0.15, -0.1) is 12.4 Å². The van der Waals surface area contributed by atoms with Gasteiger partial charge in [0.25, 0.3) is 0 Å². The van der Waals surface area contributed by atoms with Crippen molar-refractivity contribution in [3.8, 4) is 0 Å². The summed E-state index contributed by atoms with van der Waals surface area (Å²) in [4.78, 5) is 11.0. The quantitative estimate of drug-likeness (QED) is 0.537. The van der Waals surface area contributed by atoms with Crippen molar-refractivity contribution in [2.75, 3.05) is 33.4 Å². The molecule has 0 saturated carbocycles. The molecule has 0 atom stereocenters. The van der Waals surface area contributed by atoms with E-state index in [1.54, 1.807) is 7.11 Å². The van der Waals surface area contributed by atoms with Gasteiger partial charge in [0.2, 0.25) is 15.9 Å². The van der Waals surface area contributed by atoms with Crippen molar-refractivity contribution in [1.82, 2.24) is 10.0 Å². The highest BCUT2D eigenvalue weighted by Crippen LogP contribution is 2.10. The van der Waals surface area contributed by atoms with Gasteiger partial charge in [0.15, 0.2) is 0 Å². The smallest absolute Gasteiger partial charge is 0.248 e. The van der Waals surface area contributed by atoms with Crippen LogP contribution in [0.25, 0.3) is 0 Å².